The van der Waals surface area contributed by atoms with Crippen LogP contribution in [0.15, 0.2) is 66.9 Å². The number of amides is 2. The second kappa shape index (κ2) is 10.8. The molecule has 180 valence electrons. The van der Waals surface area contributed by atoms with Crippen molar-refractivity contribution >= 4 is 23.7 Å². The number of carbonyl (C=O) groups is 3. The summed E-state index contributed by atoms with van der Waals surface area (Å²) in [5.74, 6) is -2.04. The van der Waals surface area contributed by atoms with E-state index in [2.05, 4.69) is 15.6 Å². The van der Waals surface area contributed by atoms with Crippen LogP contribution in [0, 0.1) is 0 Å². The van der Waals surface area contributed by atoms with Crippen LogP contribution in [-0.4, -0.2) is 54.4 Å². The maximum Gasteiger partial charge on any atom is 0.411 e. The normalized spacial score (nSPS) is 12.8. The Morgan fingerprint density at radius 2 is 1.66 bits per heavy atom. The van der Waals surface area contributed by atoms with Crippen LogP contribution in [0.25, 0.3) is 11.1 Å². The van der Waals surface area contributed by atoms with Gasteiger partial charge in [0.1, 0.15) is 12.6 Å². The van der Waals surface area contributed by atoms with E-state index in [0.717, 1.165) is 22.3 Å². The zero-order valence-corrected chi connectivity index (χ0v) is 19.1. The third kappa shape index (κ3) is 5.30. The summed E-state index contributed by atoms with van der Waals surface area (Å²) in [7, 11) is 1.44. The number of nitrogens with zero attached hydrogens (tertiary/aromatic N) is 1. The average Bonchev–Trinajstić information content (AvgIpc) is 3.19. The number of rotatable bonds is 9. The molecule has 9 heteroatoms. The summed E-state index contributed by atoms with van der Waals surface area (Å²) in [4.78, 5) is 40.8. The fraction of sp³-hybridized carbons (Fsp3) is 0.231. The predicted molar refractivity (Wildman–Crippen MR) is 128 cm³/mol. The first kappa shape index (κ1) is 23.9. The van der Waals surface area contributed by atoms with Gasteiger partial charge in [0, 0.05) is 32.3 Å². The largest absolute Gasteiger partial charge is 0.480 e. The van der Waals surface area contributed by atoms with Crippen LogP contribution in [0.5, 0.6) is 0 Å². The molecule has 2 amide bonds. The molecule has 2 aromatic carbocycles. The number of methoxy groups -OCH3 is 1. The molecule has 0 radical (unpaired) electrons. The lowest BCUT2D eigenvalue weighted by Gasteiger charge is -2.16. The molecule has 1 atom stereocenters. The van der Waals surface area contributed by atoms with E-state index in [1.807, 2.05) is 48.5 Å². The molecule has 4 rings (SSSR count). The fourth-order valence-corrected chi connectivity index (χ4v) is 4.15. The fourth-order valence-electron chi connectivity index (χ4n) is 4.15. The molecule has 0 saturated heterocycles. The van der Waals surface area contributed by atoms with Gasteiger partial charge in [-0.1, -0.05) is 48.5 Å². The molecule has 0 fully saturated rings. The van der Waals surface area contributed by atoms with E-state index in [1.54, 1.807) is 6.07 Å². The highest BCUT2D eigenvalue weighted by atomic mass is 16.5. The van der Waals surface area contributed by atoms with Gasteiger partial charge in [0.15, 0.2) is 5.69 Å². The molecule has 9 nitrogen and oxygen atoms in total. The van der Waals surface area contributed by atoms with Gasteiger partial charge in [0.2, 0.25) is 0 Å². The molecule has 1 aliphatic rings. The van der Waals surface area contributed by atoms with E-state index in [0.29, 0.717) is 0 Å². The van der Waals surface area contributed by atoms with Crippen LogP contribution < -0.4 is 10.6 Å². The van der Waals surface area contributed by atoms with Gasteiger partial charge in [-0.25, -0.2) is 14.6 Å². The maximum atomic E-state index is 12.7. The van der Waals surface area contributed by atoms with E-state index in [9.17, 15) is 19.5 Å². The number of carboxylic acid groups (broad SMARTS) is 1. The summed E-state index contributed by atoms with van der Waals surface area (Å²) in [5, 5.41) is 14.3. The number of carbonyl (C=O) groups excluding carboxylic acids is 2. The van der Waals surface area contributed by atoms with Crippen LogP contribution in [0.3, 0.4) is 0 Å². The number of hydrogen-bond donors (Lipinski definition) is 3. The Labute approximate surface area is 202 Å². The molecule has 1 unspecified atom stereocenters. The summed E-state index contributed by atoms with van der Waals surface area (Å²) in [6.45, 7) is 0.268. The molecular weight excluding hydrogens is 450 g/mol. The van der Waals surface area contributed by atoms with Crippen molar-refractivity contribution in [2.24, 2.45) is 0 Å². The first-order valence-corrected chi connectivity index (χ1v) is 11.1. The second-order valence-electron chi connectivity index (χ2n) is 8.00. The molecule has 3 N–H and O–H groups in total. The third-order valence-electron chi connectivity index (χ3n) is 5.82. The minimum atomic E-state index is -1.20. The zero-order valence-electron chi connectivity index (χ0n) is 19.1. The molecule has 0 bridgehead atoms. The predicted octanol–water partition coefficient (Wildman–Crippen LogP) is 3.66. The van der Waals surface area contributed by atoms with Gasteiger partial charge in [0.05, 0.1) is 5.69 Å². The number of fused-ring (bicyclic) bond motifs is 3. The quantitative estimate of drug-likeness (QED) is 0.431. The zero-order chi connectivity index (χ0) is 24.8. The molecule has 1 aromatic heterocycles. The van der Waals surface area contributed by atoms with Gasteiger partial charge >= 0.3 is 12.1 Å². The Hall–Kier alpha value is -4.24. The Morgan fingerprint density at radius 3 is 2.29 bits per heavy atom. The van der Waals surface area contributed by atoms with Gasteiger partial charge in [0.25, 0.3) is 5.91 Å². The van der Waals surface area contributed by atoms with Crippen LogP contribution in [0.4, 0.5) is 10.5 Å². The van der Waals surface area contributed by atoms with Crippen molar-refractivity contribution in [3.05, 3.63) is 83.7 Å². The van der Waals surface area contributed by atoms with Crippen molar-refractivity contribution in [2.45, 2.75) is 18.4 Å². The Balaban J connectivity index is 1.43. The molecule has 3 aromatic rings. The lowest BCUT2D eigenvalue weighted by molar-refractivity contribution is -0.139. The summed E-state index contributed by atoms with van der Waals surface area (Å²) < 4.78 is 10.4. The van der Waals surface area contributed by atoms with Crippen molar-refractivity contribution in [1.82, 2.24) is 10.3 Å². The Kier molecular flexibility index (Phi) is 7.37. The molecule has 1 heterocycles. The Bertz CT molecular complexity index is 1200. The van der Waals surface area contributed by atoms with Gasteiger partial charge in [-0.2, -0.15) is 0 Å². The molecule has 0 saturated carbocycles. The molecule has 0 spiro atoms. The third-order valence-corrected chi connectivity index (χ3v) is 5.82. The highest BCUT2D eigenvalue weighted by Crippen LogP contribution is 2.44. The lowest BCUT2D eigenvalue weighted by Crippen LogP contribution is -2.42. The number of hydrogen-bond acceptors (Lipinski definition) is 6. The van der Waals surface area contributed by atoms with Crippen molar-refractivity contribution in [3.8, 4) is 11.1 Å². The number of anilines is 1. The summed E-state index contributed by atoms with van der Waals surface area (Å²) in [6.07, 6.45) is 0.713. The second-order valence-corrected chi connectivity index (χ2v) is 8.00. The van der Waals surface area contributed by atoms with E-state index < -0.39 is 24.0 Å². The van der Waals surface area contributed by atoms with Gasteiger partial charge < -0.3 is 19.9 Å². The van der Waals surface area contributed by atoms with Crippen LogP contribution >= 0.6 is 0 Å². The number of aromatic nitrogens is 1. The van der Waals surface area contributed by atoms with Gasteiger partial charge in [-0.05, 0) is 34.4 Å². The summed E-state index contributed by atoms with van der Waals surface area (Å²) in [6, 6.07) is 17.9. The molecular formula is C26H25N3O6. The average molecular weight is 476 g/mol. The van der Waals surface area contributed by atoms with E-state index >= 15 is 0 Å². The minimum Gasteiger partial charge on any atom is -0.480 e. The SMILES string of the molecule is COCCC(NC(=O)c1ncccc1NC(=O)OCC1c2ccccc2-c2ccccc21)C(=O)O. The highest BCUT2D eigenvalue weighted by Gasteiger charge is 2.29. The van der Waals surface area contributed by atoms with Crippen LogP contribution in [-0.2, 0) is 14.3 Å². The summed E-state index contributed by atoms with van der Waals surface area (Å²) >= 11 is 0. The topological polar surface area (TPSA) is 127 Å². The van der Waals surface area contributed by atoms with E-state index in [1.165, 1.54) is 19.4 Å². The van der Waals surface area contributed by atoms with Crippen LogP contribution in [0.1, 0.15) is 34.0 Å². The standard InChI is InChI=1S/C26H25N3O6/c1-34-14-12-22(25(31)32)28-24(30)23-21(11-6-13-27-23)29-26(33)35-15-20-18-9-4-2-7-16(18)17-8-3-5-10-19(17)20/h2-11,13,20,22H,12,14-15H2,1H3,(H,28,30)(H,29,33)(H,31,32). The molecule has 1 aliphatic carbocycles. The maximum absolute atomic E-state index is 12.7. The molecule has 0 aliphatic heterocycles. The lowest BCUT2D eigenvalue weighted by atomic mass is 9.98. The first-order chi connectivity index (χ1) is 17.0. The number of nitrogens with one attached hydrogen (secondary N) is 2. The van der Waals surface area contributed by atoms with Crippen molar-refractivity contribution < 1.29 is 29.0 Å². The minimum absolute atomic E-state index is 0.0829. The number of benzene rings is 2. The summed E-state index contributed by atoms with van der Waals surface area (Å²) in [5.41, 5.74) is 4.38. The number of carboxylic acids is 1. The number of pyridine rings is 1. The van der Waals surface area contributed by atoms with E-state index in [-0.39, 0.29) is 36.9 Å². The highest BCUT2D eigenvalue weighted by molar-refractivity contribution is 6.02. The first-order valence-electron chi connectivity index (χ1n) is 11.1. The number of ether oxygens (including phenoxy) is 2. The van der Waals surface area contributed by atoms with Gasteiger partial charge in [-0.3, -0.25) is 10.1 Å². The van der Waals surface area contributed by atoms with Crippen molar-refractivity contribution in [1.29, 1.82) is 0 Å². The van der Waals surface area contributed by atoms with E-state index in [4.69, 9.17) is 9.47 Å². The number of aliphatic carboxylic acids is 1. The van der Waals surface area contributed by atoms with Gasteiger partial charge in [-0.15, -0.1) is 0 Å². The van der Waals surface area contributed by atoms with Crippen molar-refractivity contribution in [2.75, 3.05) is 25.6 Å². The molecule has 35 heavy (non-hydrogen) atoms. The Morgan fingerprint density at radius 1 is 1.00 bits per heavy atom. The monoisotopic (exact) mass is 475 g/mol. The van der Waals surface area contributed by atoms with Crippen molar-refractivity contribution in [3.63, 3.8) is 0 Å². The van der Waals surface area contributed by atoms with Crippen LogP contribution in [0.2, 0.25) is 0 Å². The smallest absolute Gasteiger partial charge is 0.411 e.